The molecular formula is C13H21ClN2O3S. The van der Waals surface area contributed by atoms with Gasteiger partial charge in [0.15, 0.2) is 0 Å². The zero-order valence-corrected chi connectivity index (χ0v) is 13.2. The smallest absolute Gasteiger partial charge is 0.243 e. The van der Waals surface area contributed by atoms with Crippen LogP contribution in [0.25, 0.3) is 0 Å². The SMILES string of the molecule is CCOc1cccc(S(=O)(=O)N2CCCNCC2)c1.Cl. The van der Waals surface area contributed by atoms with Gasteiger partial charge in [-0.2, -0.15) is 4.31 Å². The first kappa shape index (κ1) is 17.2. The maximum absolute atomic E-state index is 12.5. The second-order valence-corrected chi connectivity index (χ2v) is 6.35. The van der Waals surface area contributed by atoms with Crippen molar-refractivity contribution in [3.8, 4) is 5.75 Å². The van der Waals surface area contributed by atoms with E-state index >= 15 is 0 Å². The number of benzene rings is 1. The summed E-state index contributed by atoms with van der Waals surface area (Å²) in [7, 11) is -3.41. The lowest BCUT2D eigenvalue weighted by molar-refractivity contribution is 0.339. The van der Waals surface area contributed by atoms with E-state index in [1.165, 1.54) is 4.31 Å². The first-order chi connectivity index (χ1) is 9.14. The molecule has 7 heteroatoms. The van der Waals surface area contributed by atoms with Crippen molar-refractivity contribution in [3.63, 3.8) is 0 Å². The molecule has 1 saturated heterocycles. The highest BCUT2D eigenvalue weighted by Gasteiger charge is 2.25. The molecule has 1 fully saturated rings. The molecule has 0 amide bonds. The summed E-state index contributed by atoms with van der Waals surface area (Å²) in [5.41, 5.74) is 0. The molecule has 1 aromatic rings. The number of ether oxygens (including phenoxy) is 1. The average molecular weight is 321 g/mol. The normalized spacial score (nSPS) is 17.1. The number of nitrogens with zero attached hydrogens (tertiary/aromatic N) is 1. The van der Waals surface area contributed by atoms with E-state index in [1.807, 2.05) is 6.92 Å². The Morgan fingerprint density at radius 3 is 2.85 bits per heavy atom. The van der Waals surface area contributed by atoms with Gasteiger partial charge in [0, 0.05) is 25.7 Å². The van der Waals surface area contributed by atoms with Crippen molar-refractivity contribution < 1.29 is 13.2 Å². The Balaban J connectivity index is 0.00000200. The van der Waals surface area contributed by atoms with Crippen LogP contribution < -0.4 is 10.1 Å². The van der Waals surface area contributed by atoms with Crippen LogP contribution in [-0.2, 0) is 10.0 Å². The summed E-state index contributed by atoms with van der Waals surface area (Å²) < 4.78 is 32.0. The predicted molar refractivity (Wildman–Crippen MR) is 81.1 cm³/mol. The largest absolute Gasteiger partial charge is 0.494 e. The van der Waals surface area contributed by atoms with Crippen LogP contribution in [0.15, 0.2) is 29.2 Å². The highest BCUT2D eigenvalue weighted by molar-refractivity contribution is 7.89. The summed E-state index contributed by atoms with van der Waals surface area (Å²) >= 11 is 0. The number of hydrogen-bond acceptors (Lipinski definition) is 4. The summed E-state index contributed by atoms with van der Waals surface area (Å²) in [6.07, 6.45) is 0.838. The number of rotatable bonds is 4. The van der Waals surface area contributed by atoms with Gasteiger partial charge in [-0.15, -0.1) is 12.4 Å². The van der Waals surface area contributed by atoms with Crippen molar-refractivity contribution in [1.29, 1.82) is 0 Å². The van der Waals surface area contributed by atoms with Gasteiger partial charge in [-0.1, -0.05) is 6.07 Å². The molecule has 20 heavy (non-hydrogen) atoms. The van der Waals surface area contributed by atoms with Crippen molar-refractivity contribution in [1.82, 2.24) is 9.62 Å². The minimum Gasteiger partial charge on any atom is -0.494 e. The summed E-state index contributed by atoms with van der Waals surface area (Å²) in [6.45, 7) is 5.05. The Bertz CT molecular complexity index is 514. The van der Waals surface area contributed by atoms with E-state index in [0.29, 0.717) is 36.9 Å². The first-order valence-corrected chi connectivity index (χ1v) is 8.02. The summed E-state index contributed by atoms with van der Waals surface area (Å²) in [5, 5.41) is 3.20. The molecule has 1 aromatic carbocycles. The molecule has 0 spiro atoms. The number of halogens is 1. The number of sulfonamides is 1. The Hall–Kier alpha value is -0.820. The topological polar surface area (TPSA) is 58.6 Å². The number of nitrogens with one attached hydrogen (secondary N) is 1. The van der Waals surface area contributed by atoms with Gasteiger partial charge < -0.3 is 10.1 Å². The van der Waals surface area contributed by atoms with Crippen molar-refractivity contribution in [2.24, 2.45) is 0 Å². The highest BCUT2D eigenvalue weighted by Crippen LogP contribution is 2.21. The molecule has 1 N–H and O–H groups in total. The van der Waals surface area contributed by atoms with Gasteiger partial charge in [0.1, 0.15) is 5.75 Å². The van der Waals surface area contributed by atoms with Crippen molar-refractivity contribution in [3.05, 3.63) is 24.3 Å². The Morgan fingerprint density at radius 2 is 2.10 bits per heavy atom. The maximum Gasteiger partial charge on any atom is 0.243 e. The van der Waals surface area contributed by atoms with Gasteiger partial charge in [0.05, 0.1) is 11.5 Å². The highest BCUT2D eigenvalue weighted by atomic mass is 35.5. The van der Waals surface area contributed by atoms with Gasteiger partial charge >= 0.3 is 0 Å². The minimum absolute atomic E-state index is 0. The molecule has 0 aliphatic carbocycles. The summed E-state index contributed by atoms with van der Waals surface area (Å²) in [5.74, 6) is 0.594. The Morgan fingerprint density at radius 1 is 1.30 bits per heavy atom. The molecular weight excluding hydrogens is 300 g/mol. The molecule has 5 nitrogen and oxygen atoms in total. The van der Waals surface area contributed by atoms with Gasteiger partial charge in [0.2, 0.25) is 10.0 Å². The molecule has 114 valence electrons. The second kappa shape index (κ2) is 7.83. The van der Waals surface area contributed by atoms with Crippen molar-refractivity contribution in [2.75, 3.05) is 32.8 Å². The van der Waals surface area contributed by atoms with Gasteiger partial charge in [0.25, 0.3) is 0 Å². The summed E-state index contributed by atoms with van der Waals surface area (Å²) in [4.78, 5) is 0.306. The minimum atomic E-state index is -3.41. The van der Waals surface area contributed by atoms with Crippen LogP contribution in [0.1, 0.15) is 13.3 Å². The standard InChI is InChI=1S/C13H20N2O3S.ClH/c1-2-18-12-5-3-6-13(11-12)19(16,17)15-9-4-7-14-8-10-15;/h3,5-6,11,14H,2,4,7-10H2,1H3;1H. The molecule has 2 rings (SSSR count). The fourth-order valence-electron chi connectivity index (χ4n) is 2.10. The van der Waals surface area contributed by atoms with Crippen LogP contribution in [0.3, 0.4) is 0 Å². The Kier molecular flexibility index (Phi) is 6.75. The van der Waals surface area contributed by atoms with Gasteiger partial charge in [-0.05, 0) is 32.0 Å². The van der Waals surface area contributed by atoms with Crippen LogP contribution in [-0.4, -0.2) is 45.5 Å². The molecule has 1 aliphatic rings. The van der Waals surface area contributed by atoms with E-state index in [2.05, 4.69) is 5.32 Å². The quantitative estimate of drug-likeness (QED) is 0.913. The Labute approximate surface area is 126 Å². The van der Waals surface area contributed by atoms with Gasteiger partial charge in [-0.25, -0.2) is 8.42 Å². The van der Waals surface area contributed by atoms with Crippen molar-refractivity contribution in [2.45, 2.75) is 18.2 Å². The summed E-state index contributed by atoms with van der Waals surface area (Å²) in [6, 6.07) is 6.70. The third-order valence-corrected chi connectivity index (χ3v) is 4.95. The fourth-order valence-corrected chi connectivity index (χ4v) is 3.62. The van der Waals surface area contributed by atoms with E-state index in [4.69, 9.17) is 4.74 Å². The van der Waals surface area contributed by atoms with E-state index in [9.17, 15) is 8.42 Å². The third-order valence-electron chi connectivity index (χ3n) is 3.05. The fraction of sp³-hybridized carbons (Fsp3) is 0.538. The lowest BCUT2D eigenvalue weighted by Gasteiger charge is -2.19. The van der Waals surface area contributed by atoms with Crippen molar-refractivity contribution >= 4 is 22.4 Å². The zero-order chi connectivity index (χ0) is 13.7. The molecule has 0 radical (unpaired) electrons. The molecule has 0 saturated carbocycles. The van der Waals surface area contributed by atoms with Crippen LogP contribution in [0.4, 0.5) is 0 Å². The lowest BCUT2D eigenvalue weighted by Crippen LogP contribution is -2.34. The van der Waals surface area contributed by atoms with E-state index in [1.54, 1.807) is 24.3 Å². The van der Waals surface area contributed by atoms with Crippen LogP contribution in [0.2, 0.25) is 0 Å². The van der Waals surface area contributed by atoms with E-state index in [0.717, 1.165) is 13.0 Å². The third kappa shape index (κ3) is 4.09. The zero-order valence-electron chi connectivity index (χ0n) is 11.5. The maximum atomic E-state index is 12.5. The average Bonchev–Trinajstić information content (AvgIpc) is 2.69. The van der Waals surface area contributed by atoms with Crippen LogP contribution >= 0.6 is 12.4 Å². The first-order valence-electron chi connectivity index (χ1n) is 6.58. The lowest BCUT2D eigenvalue weighted by atomic mass is 10.3. The van der Waals surface area contributed by atoms with E-state index in [-0.39, 0.29) is 12.4 Å². The molecule has 0 atom stereocenters. The van der Waals surface area contributed by atoms with E-state index < -0.39 is 10.0 Å². The second-order valence-electron chi connectivity index (χ2n) is 4.42. The molecule has 0 aromatic heterocycles. The van der Waals surface area contributed by atoms with Gasteiger partial charge in [-0.3, -0.25) is 0 Å². The molecule has 1 heterocycles. The van der Waals surface area contributed by atoms with Crippen LogP contribution in [0, 0.1) is 0 Å². The van der Waals surface area contributed by atoms with Crippen LogP contribution in [0.5, 0.6) is 5.75 Å². The predicted octanol–water partition coefficient (Wildman–Crippen LogP) is 1.49. The monoisotopic (exact) mass is 320 g/mol. The number of hydrogen-bond donors (Lipinski definition) is 1. The molecule has 1 aliphatic heterocycles. The molecule has 0 bridgehead atoms. The molecule has 0 unspecified atom stereocenters.